The number of hydrogen-bond donors (Lipinski definition) is 1. The highest BCUT2D eigenvalue weighted by atomic mass is 32.2. The van der Waals surface area contributed by atoms with Gasteiger partial charge < -0.3 is 0 Å². The molecule has 5 heteroatoms. The highest BCUT2D eigenvalue weighted by Gasteiger charge is 2.15. The minimum absolute atomic E-state index is 0.111. The van der Waals surface area contributed by atoms with Crippen molar-refractivity contribution in [1.82, 2.24) is 4.72 Å². The van der Waals surface area contributed by atoms with E-state index in [1.54, 1.807) is 55.5 Å². The molecule has 1 N–H and O–H groups in total. The summed E-state index contributed by atoms with van der Waals surface area (Å²) in [5, 5.41) is 0. The van der Waals surface area contributed by atoms with Crippen molar-refractivity contribution in [2.45, 2.75) is 19.4 Å². The van der Waals surface area contributed by atoms with E-state index in [2.05, 4.69) is 11.3 Å². The molecule has 1 aliphatic rings. The number of sulfonamides is 1. The van der Waals surface area contributed by atoms with Crippen LogP contribution in [-0.2, 0) is 10.0 Å². The summed E-state index contributed by atoms with van der Waals surface area (Å²) in [5.41, 5.74) is 0.724. The molecule has 1 atom stereocenters. The zero-order valence-electron chi connectivity index (χ0n) is 12.0. The summed E-state index contributed by atoms with van der Waals surface area (Å²) < 4.78 is 39.5. The number of hydrogen-bond acceptors (Lipinski definition) is 2. The third-order valence-electron chi connectivity index (χ3n) is 2.75. The highest BCUT2D eigenvalue weighted by molar-refractivity contribution is 7.89. The smallest absolute Gasteiger partial charge is 0.212 e. The molecule has 0 aromatic carbocycles. The quantitative estimate of drug-likeness (QED) is 0.733. The molecule has 0 saturated heterocycles. The van der Waals surface area contributed by atoms with Crippen molar-refractivity contribution in [3.8, 4) is 0 Å². The SMILES string of the molecule is C=C/C=C\C=C/CS(=O)(=O)N[C@H](C)C1=CC=C(F)CC=C1. The van der Waals surface area contributed by atoms with Crippen molar-refractivity contribution in [3.63, 3.8) is 0 Å². The summed E-state index contributed by atoms with van der Waals surface area (Å²) in [6.45, 7) is 5.24. The van der Waals surface area contributed by atoms with Crippen LogP contribution in [0.15, 0.2) is 72.7 Å². The number of rotatable bonds is 7. The van der Waals surface area contributed by atoms with Gasteiger partial charge in [0.2, 0.25) is 10.0 Å². The molecule has 0 aliphatic heterocycles. The molecule has 1 aliphatic carbocycles. The largest absolute Gasteiger partial charge is 0.215 e. The lowest BCUT2D eigenvalue weighted by Crippen LogP contribution is -2.34. The maximum atomic E-state index is 13.1. The highest BCUT2D eigenvalue weighted by Crippen LogP contribution is 2.15. The van der Waals surface area contributed by atoms with Gasteiger partial charge in [-0.25, -0.2) is 17.5 Å². The van der Waals surface area contributed by atoms with Crippen molar-refractivity contribution in [2.75, 3.05) is 5.75 Å². The molecule has 0 unspecified atom stereocenters. The first-order valence-corrected chi connectivity index (χ1v) is 8.27. The second-order valence-corrected chi connectivity index (χ2v) is 6.35. The van der Waals surface area contributed by atoms with Crippen LogP contribution >= 0.6 is 0 Å². The average molecular weight is 309 g/mol. The van der Waals surface area contributed by atoms with Gasteiger partial charge in [-0.05, 0) is 18.6 Å². The first-order valence-electron chi connectivity index (χ1n) is 6.61. The summed E-state index contributed by atoms with van der Waals surface area (Å²) >= 11 is 0. The number of halogens is 1. The Balaban J connectivity index is 2.64. The molecule has 0 spiro atoms. The second-order valence-electron chi connectivity index (χ2n) is 4.56. The van der Waals surface area contributed by atoms with Gasteiger partial charge in [0.05, 0.1) is 5.75 Å². The molecule has 0 bridgehead atoms. The van der Waals surface area contributed by atoms with E-state index in [1.807, 2.05) is 0 Å². The standard InChI is InChI=1S/C16H20FNO2S/c1-3-4-5-6-7-13-21(19,20)18-14(2)15-9-8-10-16(17)12-11-15/h3-9,11-12,14,18H,1,10,13H2,2H3/b5-4-,7-6-/t14-/m1/s1. The molecule has 0 saturated carbocycles. The molecule has 0 amide bonds. The van der Waals surface area contributed by atoms with Gasteiger partial charge in [0.25, 0.3) is 0 Å². The minimum atomic E-state index is -3.43. The molecule has 0 heterocycles. The van der Waals surface area contributed by atoms with Crippen molar-refractivity contribution < 1.29 is 12.8 Å². The first-order chi connectivity index (χ1) is 9.94. The monoisotopic (exact) mass is 309 g/mol. The van der Waals surface area contributed by atoms with Crippen molar-refractivity contribution >= 4 is 10.0 Å². The lowest BCUT2D eigenvalue weighted by Gasteiger charge is -2.14. The molecule has 3 nitrogen and oxygen atoms in total. The molecule has 1 rings (SSSR count). The average Bonchev–Trinajstić information content (AvgIpc) is 2.63. The van der Waals surface area contributed by atoms with Gasteiger partial charge in [-0.3, -0.25) is 0 Å². The van der Waals surface area contributed by atoms with Crippen LogP contribution in [0.1, 0.15) is 13.3 Å². The van der Waals surface area contributed by atoms with Crippen LogP contribution < -0.4 is 4.72 Å². The molecular formula is C16H20FNO2S. The number of allylic oxidation sites excluding steroid dienone is 8. The maximum absolute atomic E-state index is 13.1. The predicted molar refractivity (Wildman–Crippen MR) is 85.9 cm³/mol. The zero-order chi connectivity index (χ0) is 15.7. The van der Waals surface area contributed by atoms with Gasteiger partial charge >= 0.3 is 0 Å². The maximum Gasteiger partial charge on any atom is 0.215 e. The van der Waals surface area contributed by atoms with Crippen LogP contribution in [0.3, 0.4) is 0 Å². The van der Waals surface area contributed by atoms with Crippen LogP contribution in [0.2, 0.25) is 0 Å². The van der Waals surface area contributed by atoms with Gasteiger partial charge in [-0.15, -0.1) is 0 Å². The van der Waals surface area contributed by atoms with Gasteiger partial charge in [0.1, 0.15) is 5.83 Å². The van der Waals surface area contributed by atoms with E-state index >= 15 is 0 Å². The number of nitrogens with one attached hydrogen (secondary N) is 1. The lowest BCUT2D eigenvalue weighted by atomic mass is 10.1. The van der Waals surface area contributed by atoms with E-state index in [9.17, 15) is 12.8 Å². The van der Waals surface area contributed by atoms with Crippen LogP contribution in [-0.4, -0.2) is 20.2 Å². The van der Waals surface area contributed by atoms with Gasteiger partial charge in [0.15, 0.2) is 0 Å². The van der Waals surface area contributed by atoms with Crippen LogP contribution in [0.4, 0.5) is 4.39 Å². The van der Waals surface area contributed by atoms with Gasteiger partial charge in [-0.1, -0.05) is 55.2 Å². The molecular weight excluding hydrogens is 289 g/mol. The molecule has 0 aromatic heterocycles. The Morgan fingerprint density at radius 1 is 1.38 bits per heavy atom. The Bertz CT molecular complexity index is 610. The minimum Gasteiger partial charge on any atom is -0.212 e. The topological polar surface area (TPSA) is 46.2 Å². The fourth-order valence-electron chi connectivity index (χ4n) is 1.70. The summed E-state index contributed by atoms with van der Waals surface area (Å²) in [7, 11) is -3.43. The zero-order valence-corrected chi connectivity index (χ0v) is 12.8. The van der Waals surface area contributed by atoms with Crippen LogP contribution in [0.25, 0.3) is 0 Å². The molecule has 21 heavy (non-hydrogen) atoms. The Morgan fingerprint density at radius 3 is 2.86 bits per heavy atom. The van der Waals surface area contributed by atoms with E-state index in [0.29, 0.717) is 0 Å². The third-order valence-corrected chi connectivity index (χ3v) is 4.09. The molecule has 0 fully saturated rings. The Labute approximate surface area is 126 Å². The van der Waals surface area contributed by atoms with Crippen molar-refractivity contribution in [1.29, 1.82) is 0 Å². The van der Waals surface area contributed by atoms with Gasteiger partial charge in [0, 0.05) is 12.5 Å². The van der Waals surface area contributed by atoms with Crippen LogP contribution in [0.5, 0.6) is 0 Å². The molecule has 0 radical (unpaired) electrons. The summed E-state index contributed by atoms with van der Waals surface area (Å²) in [6, 6.07) is -0.412. The fraction of sp³-hybridized carbons (Fsp3) is 0.250. The van der Waals surface area contributed by atoms with Crippen molar-refractivity contribution in [2.24, 2.45) is 0 Å². The van der Waals surface area contributed by atoms with E-state index in [0.717, 1.165) is 5.57 Å². The Morgan fingerprint density at radius 2 is 2.14 bits per heavy atom. The Kier molecular flexibility index (Phi) is 7.05. The fourth-order valence-corrected chi connectivity index (χ4v) is 2.83. The van der Waals surface area contributed by atoms with Crippen molar-refractivity contribution in [3.05, 3.63) is 72.7 Å². The third kappa shape index (κ3) is 7.02. The lowest BCUT2D eigenvalue weighted by molar-refractivity contribution is 0.577. The summed E-state index contributed by atoms with van der Waals surface area (Å²) in [4.78, 5) is 0. The summed E-state index contributed by atoms with van der Waals surface area (Å²) in [5.74, 6) is -0.353. The normalized spacial score (nSPS) is 17.6. The Hall–Kier alpha value is -1.72. The van der Waals surface area contributed by atoms with Gasteiger partial charge in [-0.2, -0.15) is 0 Å². The van der Waals surface area contributed by atoms with Crippen LogP contribution in [0, 0.1) is 0 Å². The van der Waals surface area contributed by atoms with E-state index < -0.39 is 16.1 Å². The molecule has 114 valence electrons. The first kappa shape index (κ1) is 17.3. The molecule has 0 aromatic rings. The second kappa shape index (κ2) is 8.54. The van der Waals surface area contributed by atoms with E-state index in [4.69, 9.17) is 0 Å². The van der Waals surface area contributed by atoms with E-state index in [1.165, 1.54) is 6.08 Å². The predicted octanol–water partition coefficient (Wildman–Crippen LogP) is 3.33. The van der Waals surface area contributed by atoms with E-state index in [-0.39, 0.29) is 18.0 Å². The summed E-state index contributed by atoms with van der Waals surface area (Å²) in [6.07, 6.45) is 14.8.